The van der Waals surface area contributed by atoms with E-state index in [4.69, 9.17) is 5.73 Å². The van der Waals surface area contributed by atoms with Gasteiger partial charge in [-0.05, 0) is 18.9 Å². The van der Waals surface area contributed by atoms with Crippen LogP contribution in [0.4, 0.5) is 4.39 Å². The summed E-state index contributed by atoms with van der Waals surface area (Å²) in [5.74, 6) is -0.972. The quantitative estimate of drug-likeness (QED) is 0.783. The Hall–Kier alpha value is -1.06. The molecule has 0 amide bonds. The molecule has 15 heavy (non-hydrogen) atoms. The molecule has 0 heterocycles. The van der Waals surface area contributed by atoms with Crippen LogP contribution in [0.3, 0.4) is 0 Å². The smallest absolute Gasteiger partial charge is 0.165 e. The maximum atomic E-state index is 12.9. The predicted molar refractivity (Wildman–Crippen MR) is 61.7 cm³/mol. The van der Waals surface area contributed by atoms with Crippen LogP contribution in [0, 0.1) is 5.82 Å². The van der Waals surface area contributed by atoms with Crippen molar-refractivity contribution < 1.29 is 9.50 Å². The van der Waals surface area contributed by atoms with E-state index in [1.54, 1.807) is 12.1 Å². The number of rotatable bonds is 4. The SMILES string of the molecule is C=CCC[C@H](N)c1cccc(F)c1O.Cl. The number of halogens is 2. The summed E-state index contributed by atoms with van der Waals surface area (Å²) in [6, 6.07) is 4.03. The second kappa shape index (κ2) is 6.43. The van der Waals surface area contributed by atoms with E-state index in [0.717, 1.165) is 6.42 Å². The number of aromatic hydroxyl groups is 1. The van der Waals surface area contributed by atoms with Crippen molar-refractivity contribution in [1.29, 1.82) is 0 Å². The number of hydrogen-bond acceptors (Lipinski definition) is 2. The molecule has 2 nitrogen and oxygen atoms in total. The first kappa shape index (κ1) is 13.9. The molecule has 0 bridgehead atoms. The predicted octanol–water partition coefficient (Wildman–Crippen LogP) is 2.92. The van der Waals surface area contributed by atoms with E-state index < -0.39 is 5.82 Å². The van der Waals surface area contributed by atoms with Gasteiger partial charge in [0.2, 0.25) is 0 Å². The summed E-state index contributed by atoms with van der Waals surface area (Å²) >= 11 is 0. The number of phenolic OH excluding ortho intramolecular Hbond substituents is 1. The van der Waals surface area contributed by atoms with E-state index in [0.29, 0.717) is 12.0 Å². The first-order valence-electron chi connectivity index (χ1n) is 4.50. The van der Waals surface area contributed by atoms with Crippen molar-refractivity contribution >= 4 is 12.4 Å². The average Bonchev–Trinajstić information content (AvgIpc) is 2.18. The summed E-state index contributed by atoms with van der Waals surface area (Å²) in [4.78, 5) is 0. The van der Waals surface area contributed by atoms with E-state index in [1.807, 2.05) is 0 Å². The molecule has 1 rings (SSSR count). The van der Waals surface area contributed by atoms with E-state index in [9.17, 15) is 9.50 Å². The Morgan fingerprint density at radius 1 is 1.53 bits per heavy atom. The lowest BCUT2D eigenvalue weighted by Gasteiger charge is -2.12. The van der Waals surface area contributed by atoms with Crippen LogP contribution in [0.5, 0.6) is 5.75 Å². The Bertz CT molecular complexity index is 330. The van der Waals surface area contributed by atoms with Crippen molar-refractivity contribution in [3.63, 3.8) is 0 Å². The number of allylic oxidation sites excluding steroid dienone is 1. The van der Waals surface area contributed by atoms with Crippen molar-refractivity contribution in [2.45, 2.75) is 18.9 Å². The van der Waals surface area contributed by atoms with Gasteiger partial charge in [-0.25, -0.2) is 4.39 Å². The molecule has 1 aromatic rings. The Morgan fingerprint density at radius 2 is 2.20 bits per heavy atom. The van der Waals surface area contributed by atoms with Crippen LogP contribution in [0.2, 0.25) is 0 Å². The van der Waals surface area contributed by atoms with Gasteiger partial charge < -0.3 is 10.8 Å². The highest BCUT2D eigenvalue weighted by Gasteiger charge is 2.12. The molecule has 0 radical (unpaired) electrons. The van der Waals surface area contributed by atoms with Gasteiger partial charge in [0.15, 0.2) is 11.6 Å². The zero-order valence-corrected chi connectivity index (χ0v) is 9.14. The summed E-state index contributed by atoms with van der Waals surface area (Å²) in [7, 11) is 0. The van der Waals surface area contributed by atoms with Gasteiger partial charge in [0.1, 0.15) is 0 Å². The zero-order valence-electron chi connectivity index (χ0n) is 8.32. The molecular weight excluding hydrogens is 217 g/mol. The molecule has 0 spiro atoms. The highest BCUT2D eigenvalue weighted by molar-refractivity contribution is 5.85. The van der Waals surface area contributed by atoms with Gasteiger partial charge in [0.25, 0.3) is 0 Å². The number of hydrogen-bond donors (Lipinski definition) is 2. The van der Waals surface area contributed by atoms with Crippen LogP contribution in [0.1, 0.15) is 24.4 Å². The summed E-state index contributed by atoms with van der Waals surface area (Å²) < 4.78 is 12.9. The van der Waals surface area contributed by atoms with E-state index >= 15 is 0 Å². The molecule has 0 fully saturated rings. The van der Waals surface area contributed by atoms with Crippen LogP contribution < -0.4 is 5.73 Å². The molecule has 1 atom stereocenters. The minimum Gasteiger partial charge on any atom is -0.505 e. The standard InChI is InChI=1S/C11H14FNO.ClH/c1-2-3-7-10(13)8-5-4-6-9(12)11(8)14;/h2,4-6,10,14H,1,3,7,13H2;1H/t10-;/m0./s1. The number of para-hydroxylation sites is 1. The van der Waals surface area contributed by atoms with Crippen molar-refractivity contribution in [1.82, 2.24) is 0 Å². The molecule has 0 aliphatic rings. The Kier molecular flexibility index (Phi) is 5.97. The molecule has 0 aliphatic heterocycles. The fraction of sp³-hybridized carbons (Fsp3) is 0.273. The zero-order chi connectivity index (χ0) is 10.6. The molecule has 84 valence electrons. The first-order valence-corrected chi connectivity index (χ1v) is 4.50. The number of phenols is 1. The van der Waals surface area contributed by atoms with Crippen molar-refractivity contribution in [3.05, 3.63) is 42.2 Å². The van der Waals surface area contributed by atoms with E-state index in [1.165, 1.54) is 12.1 Å². The van der Waals surface area contributed by atoms with Crippen LogP contribution in [0.15, 0.2) is 30.9 Å². The van der Waals surface area contributed by atoms with Gasteiger partial charge in [-0.3, -0.25) is 0 Å². The largest absolute Gasteiger partial charge is 0.505 e. The summed E-state index contributed by atoms with van der Waals surface area (Å²) in [5.41, 5.74) is 6.23. The van der Waals surface area contributed by atoms with Gasteiger partial charge >= 0.3 is 0 Å². The normalized spacial score (nSPS) is 11.6. The fourth-order valence-corrected chi connectivity index (χ4v) is 1.28. The summed E-state index contributed by atoms with van der Waals surface area (Å²) in [6.45, 7) is 3.57. The summed E-state index contributed by atoms with van der Waals surface area (Å²) in [5, 5.41) is 9.39. The van der Waals surface area contributed by atoms with E-state index in [-0.39, 0.29) is 24.2 Å². The lowest BCUT2D eigenvalue weighted by molar-refractivity contribution is 0.419. The first-order chi connectivity index (χ1) is 6.66. The van der Waals surface area contributed by atoms with Gasteiger partial charge in [-0.15, -0.1) is 19.0 Å². The Labute approximate surface area is 95.0 Å². The van der Waals surface area contributed by atoms with Gasteiger partial charge in [0.05, 0.1) is 0 Å². The second-order valence-electron chi connectivity index (χ2n) is 3.15. The van der Waals surface area contributed by atoms with Crippen LogP contribution in [-0.4, -0.2) is 5.11 Å². The average molecular weight is 232 g/mol. The monoisotopic (exact) mass is 231 g/mol. The van der Waals surface area contributed by atoms with Gasteiger partial charge in [0, 0.05) is 11.6 Å². The van der Waals surface area contributed by atoms with Crippen molar-refractivity contribution in [2.75, 3.05) is 0 Å². The topological polar surface area (TPSA) is 46.2 Å². The van der Waals surface area contributed by atoms with Gasteiger partial charge in [-0.2, -0.15) is 0 Å². The summed E-state index contributed by atoms with van der Waals surface area (Å²) in [6.07, 6.45) is 3.15. The highest BCUT2D eigenvalue weighted by atomic mass is 35.5. The lowest BCUT2D eigenvalue weighted by atomic mass is 10.0. The maximum Gasteiger partial charge on any atom is 0.165 e. The number of nitrogens with two attached hydrogens (primary N) is 1. The molecule has 0 saturated heterocycles. The van der Waals surface area contributed by atoms with Crippen LogP contribution in [0.25, 0.3) is 0 Å². The molecule has 0 unspecified atom stereocenters. The van der Waals surface area contributed by atoms with E-state index in [2.05, 4.69) is 6.58 Å². The second-order valence-corrected chi connectivity index (χ2v) is 3.15. The third-order valence-electron chi connectivity index (χ3n) is 2.10. The molecule has 0 aromatic heterocycles. The minimum absolute atomic E-state index is 0. The molecule has 4 heteroatoms. The number of benzene rings is 1. The van der Waals surface area contributed by atoms with Crippen molar-refractivity contribution in [2.24, 2.45) is 5.73 Å². The maximum absolute atomic E-state index is 12.9. The molecule has 1 aromatic carbocycles. The molecule has 0 saturated carbocycles. The third kappa shape index (κ3) is 3.53. The fourth-order valence-electron chi connectivity index (χ4n) is 1.28. The third-order valence-corrected chi connectivity index (χ3v) is 2.10. The Balaban J connectivity index is 0.00000196. The minimum atomic E-state index is -0.628. The molecule has 0 aliphatic carbocycles. The lowest BCUT2D eigenvalue weighted by Crippen LogP contribution is -2.10. The van der Waals surface area contributed by atoms with Crippen LogP contribution >= 0.6 is 12.4 Å². The Morgan fingerprint density at radius 3 is 2.80 bits per heavy atom. The van der Waals surface area contributed by atoms with Crippen molar-refractivity contribution in [3.8, 4) is 5.75 Å². The van der Waals surface area contributed by atoms with Crippen LogP contribution in [-0.2, 0) is 0 Å². The highest BCUT2D eigenvalue weighted by Crippen LogP contribution is 2.27. The molecule has 3 N–H and O–H groups in total. The van der Waals surface area contributed by atoms with Gasteiger partial charge in [-0.1, -0.05) is 18.2 Å². The molecular formula is C11H15ClFNO.